The maximum Gasteiger partial charge on any atom is 0.435 e. The van der Waals surface area contributed by atoms with E-state index in [9.17, 15) is 18.0 Å². The van der Waals surface area contributed by atoms with Crippen LogP contribution in [0.1, 0.15) is 16.8 Å². The van der Waals surface area contributed by atoms with Gasteiger partial charge in [-0.15, -0.1) is 0 Å². The second-order valence-electron chi connectivity index (χ2n) is 3.66. The van der Waals surface area contributed by atoms with Gasteiger partial charge in [0.05, 0.1) is 0 Å². The molecule has 4 nitrogen and oxygen atoms in total. The van der Waals surface area contributed by atoms with Crippen molar-refractivity contribution < 1.29 is 13.2 Å². The van der Waals surface area contributed by atoms with Crippen molar-refractivity contribution in [3.63, 3.8) is 0 Å². The minimum absolute atomic E-state index is 0.0122. The minimum atomic E-state index is -4.52. The minimum Gasteiger partial charge on any atom is -0.312 e. The van der Waals surface area contributed by atoms with Crippen molar-refractivity contribution in [1.29, 1.82) is 0 Å². The Bertz CT molecular complexity index is 478. The molecule has 0 bridgehead atoms. The number of nitrogens with zero attached hydrogens (tertiary/aromatic N) is 2. The van der Waals surface area contributed by atoms with Gasteiger partial charge < -0.3 is 5.32 Å². The lowest BCUT2D eigenvalue weighted by molar-refractivity contribution is -0.143. The van der Waals surface area contributed by atoms with Crippen LogP contribution in [0.25, 0.3) is 0 Å². The van der Waals surface area contributed by atoms with Crippen LogP contribution in [0.3, 0.4) is 0 Å². The standard InChI is InChI=1S/C9H10F3N3O/c1-15-8(16)5-2-3-13-4-6(5)7(14-15)9(10,11)12/h13H,2-4H2,1H3. The molecule has 0 aliphatic carbocycles. The van der Waals surface area contributed by atoms with Crippen LogP contribution < -0.4 is 10.9 Å². The van der Waals surface area contributed by atoms with E-state index in [1.54, 1.807) is 0 Å². The first-order valence-corrected chi connectivity index (χ1v) is 4.78. The van der Waals surface area contributed by atoms with E-state index in [1.807, 2.05) is 0 Å². The van der Waals surface area contributed by atoms with Crippen LogP contribution in [0.5, 0.6) is 0 Å². The number of hydrogen-bond donors (Lipinski definition) is 1. The normalized spacial score (nSPS) is 16.0. The van der Waals surface area contributed by atoms with E-state index in [1.165, 1.54) is 7.05 Å². The summed E-state index contributed by atoms with van der Waals surface area (Å²) < 4.78 is 38.8. The summed E-state index contributed by atoms with van der Waals surface area (Å²) >= 11 is 0. The lowest BCUT2D eigenvalue weighted by Gasteiger charge is -2.20. The van der Waals surface area contributed by atoms with Gasteiger partial charge in [0.25, 0.3) is 5.56 Å². The van der Waals surface area contributed by atoms with Crippen molar-refractivity contribution in [2.75, 3.05) is 6.54 Å². The summed E-state index contributed by atoms with van der Waals surface area (Å²) in [5.74, 6) is 0. The van der Waals surface area contributed by atoms with Crippen molar-refractivity contribution in [1.82, 2.24) is 15.1 Å². The average molecular weight is 233 g/mol. The summed E-state index contributed by atoms with van der Waals surface area (Å²) in [6, 6.07) is 0. The van der Waals surface area contributed by atoms with Gasteiger partial charge in [0.2, 0.25) is 0 Å². The highest BCUT2D eigenvalue weighted by Crippen LogP contribution is 2.31. The van der Waals surface area contributed by atoms with Crippen LogP contribution in [-0.4, -0.2) is 16.3 Å². The molecule has 1 aromatic rings. The molecule has 2 rings (SSSR count). The molecule has 0 saturated carbocycles. The Balaban J connectivity index is 2.72. The Kier molecular flexibility index (Phi) is 2.49. The van der Waals surface area contributed by atoms with Crippen LogP contribution >= 0.6 is 0 Å². The summed E-state index contributed by atoms with van der Waals surface area (Å²) in [6.07, 6.45) is -4.21. The van der Waals surface area contributed by atoms with Gasteiger partial charge in [0, 0.05) is 24.7 Å². The van der Waals surface area contributed by atoms with Crippen molar-refractivity contribution >= 4 is 0 Å². The van der Waals surface area contributed by atoms with Gasteiger partial charge >= 0.3 is 6.18 Å². The van der Waals surface area contributed by atoms with Crippen molar-refractivity contribution in [3.05, 3.63) is 27.2 Å². The predicted octanol–water partition coefficient (Wildman–Crippen LogP) is 0.445. The summed E-state index contributed by atoms with van der Waals surface area (Å²) in [5, 5.41) is 6.11. The van der Waals surface area contributed by atoms with E-state index < -0.39 is 17.4 Å². The predicted molar refractivity (Wildman–Crippen MR) is 49.9 cm³/mol. The number of hydrogen-bond acceptors (Lipinski definition) is 3. The van der Waals surface area contributed by atoms with Gasteiger partial charge in [-0.05, 0) is 13.0 Å². The summed E-state index contributed by atoms with van der Waals surface area (Å²) in [5.41, 5.74) is -1.19. The monoisotopic (exact) mass is 233 g/mol. The van der Waals surface area contributed by atoms with Gasteiger partial charge in [0.1, 0.15) is 0 Å². The number of rotatable bonds is 0. The fraction of sp³-hybridized carbons (Fsp3) is 0.556. The second kappa shape index (κ2) is 3.58. The third kappa shape index (κ3) is 1.71. The van der Waals surface area contributed by atoms with Gasteiger partial charge in [-0.25, -0.2) is 4.68 Å². The largest absolute Gasteiger partial charge is 0.435 e. The third-order valence-corrected chi connectivity index (χ3v) is 2.57. The highest BCUT2D eigenvalue weighted by molar-refractivity contribution is 5.32. The molecule has 2 heterocycles. The number of alkyl halides is 3. The van der Waals surface area contributed by atoms with Crippen molar-refractivity contribution in [3.8, 4) is 0 Å². The first-order chi connectivity index (χ1) is 7.41. The van der Waals surface area contributed by atoms with Gasteiger partial charge in [-0.2, -0.15) is 18.3 Å². The van der Waals surface area contributed by atoms with Gasteiger partial charge in [-0.1, -0.05) is 0 Å². The van der Waals surface area contributed by atoms with Crippen LogP contribution in [0.4, 0.5) is 13.2 Å². The van der Waals surface area contributed by atoms with Crippen molar-refractivity contribution in [2.45, 2.75) is 19.1 Å². The smallest absolute Gasteiger partial charge is 0.312 e. The van der Waals surface area contributed by atoms with Crippen LogP contribution in [0, 0.1) is 0 Å². The van der Waals surface area contributed by atoms with E-state index in [-0.39, 0.29) is 17.7 Å². The molecule has 0 unspecified atom stereocenters. The van der Waals surface area contributed by atoms with Crippen molar-refractivity contribution in [2.24, 2.45) is 7.05 Å². The Morgan fingerprint density at radius 3 is 2.69 bits per heavy atom. The zero-order chi connectivity index (χ0) is 11.9. The SMILES string of the molecule is Cn1nc(C(F)(F)F)c2c(c1=O)CCNC2. The Labute approximate surface area is 89.1 Å². The molecular formula is C9H10F3N3O. The topological polar surface area (TPSA) is 46.9 Å². The summed E-state index contributed by atoms with van der Waals surface area (Å²) in [6.45, 7) is 0.566. The Morgan fingerprint density at radius 2 is 2.06 bits per heavy atom. The van der Waals surface area contributed by atoms with E-state index in [0.29, 0.717) is 13.0 Å². The molecule has 0 radical (unpaired) electrons. The Morgan fingerprint density at radius 1 is 1.38 bits per heavy atom. The van der Waals surface area contributed by atoms with Crippen LogP contribution in [0.15, 0.2) is 4.79 Å². The number of aryl methyl sites for hydroxylation is 1. The maximum absolute atomic E-state index is 12.7. The quantitative estimate of drug-likeness (QED) is 0.707. The van der Waals surface area contributed by atoms with Gasteiger partial charge in [0.15, 0.2) is 5.69 Å². The number of halogens is 3. The molecule has 0 atom stereocenters. The molecule has 88 valence electrons. The summed E-state index contributed by atoms with van der Waals surface area (Å²) in [4.78, 5) is 11.6. The zero-order valence-corrected chi connectivity index (χ0v) is 8.56. The highest BCUT2D eigenvalue weighted by atomic mass is 19.4. The molecule has 0 fully saturated rings. The lowest BCUT2D eigenvalue weighted by Crippen LogP contribution is -2.37. The highest BCUT2D eigenvalue weighted by Gasteiger charge is 2.38. The maximum atomic E-state index is 12.7. The number of fused-ring (bicyclic) bond motifs is 1. The third-order valence-electron chi connectivity index (χ3n) is 2.57. The first kappa shape index (κ1) is 11.1. The molecule has 1 aromatic heterocycles. The molecule has 7 heteroatoms. The lowest BCUT2D eigenvalue weighted by atomic mass is 10.0. The molecular weight excluding hydrogens is 223 g/mol. The molecule has 0 amide bonds. The average Bonchev–Trinajstić information content (AvgIpc) is 2.22. The van der Waals surface area contributed by atoms with Crippen LogP contribution in [-0.2, 0) is 26.2 Å². The van der Waals surface area contributed by atoms with Gasteiger partial charge in [-0.3, -0.25) is 4.79 Å². The van der Waals surface area contributed by atoms with E-state index in [0.717, 1.165) is 4.68 Å². The Hall–Kier alpha value is -1.37. The zero-order valence-electron chi connectivity index (χ0n) is 8.56. The molecule has 1 N–H and O–H groups in total. The molecule has 0 spiro atoms. The molecule has 1 aliphatic rings. The number of aromatic nitrogens is 2. The fourth-order valence-corrected chi connectivity index (χ4v) is 1.83. The molecule has 0 saturated heterocycles. The van der Waals surface area contributed by atoms with Crippen LogP contribution in [0.2, 0.25) is 0 Å². The first-order valence-electron chi connectivity index (χ1n) is 4.78. The van der Waals surface area contributed by atoms with E-state index >= 15 is 0 Å². The fourth-order valence-electron chi connectivity index (χ4n) is 1.83. The van der Waals surface area contributed by atoms with E-state index in [4.69, 9.17) is 0 Å². The second-order valence-corrected chi connectivity index (χ2v) is 3.66. The molecule has 1 aliphatic heterocycles. The molecule has 0 aromatic carbocycles. The summed E-state index contributed by atoms with van der Waals surface area (Å²) in [7, 11) is 1.24. The van der Waals surface area contributed by atoms with E-state index in [2.05, 4.69) is 10.4 Å². The number of nitrogens with one attached hydrogen (secondary N) is 1. The molecule has 16 heavy (non-hydrogen) atoms.